The van der Waals surface area contributed by atoms with Gasteiger partial charge < -0.3 is 0 Å². The van der Waals surface area contributed by atoms with Crippen LogP contribution in [0.25, 0.3) is 16.9 Å². The van der Waals surface area contributed by atoms with Crippen LogP contribution in [0.4, 0.5) is 0 Å². The number of hydrazine groups is 1. The number of benzene rings is 2. The van der Waals surface area contributed by atoms with Crippen LogP contribution < -0.4 is 5.43 Å². The number of carbonyl (C=O) groups excluding carboxylic acids is 1. The summed E-state index contributed by atoms with van der Waals surface area (Å²) in [6, 6.07) is 19.6. The highest BCUT2D eigenvalue weighted by Crippen LogP contribution is 2.23. The molecule has 0 aliphatic heterocycles. The van der Waals surface area contributed by atoms with E-state index >= 15 is 0 Å². The van der Waals surface area contributed by atoms with Gasteiger partial charge in [-0.25, -0.2) is 9.69 Å². The van der Waals surface area contributed by atoms with E-state index in [9.17, 15) is 4.79 Å². The Kier molecular flexibility index (Phi) is 4.44. The van der Waals surface area contributed by atoms with Crippen LogP contribution in [0.15, 0.2) is 60.7 Å². The molecule has 0 atom stereocenters. The van der Waals surface area contributed by atoms with Crippen molar-refractivity contribution in [1.29, 1.82) is 0 Å². The van der Waals surface area contributed by atoms with Crippen molar-refractivity contribution in [3.8, 4) is 16.9 Å². The smallest absolute Gasteiger partial charge is 0.265 e. The molecule has 1 amide bonds. The molecule has 1 N–H and O–H groups in total. The normalized spacial score (nSPS) is 10.8. The van der Waals surface area contributed by atoms with Crippen molar-refractivity contribution in [2.45, 2.75) is 6.92 Å². The SMILES string of the molecule is Cc1cc(-c2ccccc2)n(-c2ccc(C(=O)NN(C)C)cc2)n1. The lowest BCUT2D eigenvalue weighted by molar-refractivity contribution is 0.0857. The van der Waals surface area contributed by atoms with Gasteiger partial charge >= 0.3 is 0 Å². The molecular formula is C19H20N4O. The van der Waals surface area contributed by atoms with E-state index < -0.39 is 0 Å². The maximum Gasteiger partial charge on any atom is 0.265 e. The summed E-state index contributed by atoms with van der Waals surface area (Å²) in [7, 11) is 3.57. The Balaban J connectivity index is 1.94. The van der Waals surface area contributed by atoms with Crippen LogP contribution in [0, 0.1) is 6.92 Å². The highest BCUT2D eigenvalue weighted by Gasteiger charge is 2.11. The van der Waals surface area contributed by atoms with E-state index in [2.05, 4.69) is 28.7 Å². The Bertz CT molecular complexity index is 836. The minimum absolute atomic E-state index is 0.133. The zero-order chi connectivity index (χ0) is 17.1. The third-order valence-corrected chi connectivity index (χ3v) is 3.60. The molecule has 0 aliphatic carbocycles. The largest absolute Gasteiger partial charge is 0.285 e. The minimum Gasteiger partial charge on any atom is -0.285 e. The van der Waals surface area contributed by atoms with Gasteiger partial charge in [0.2, 0.25) is 0 Å². The van der Waals surface area contributed by atoms with Gasteiger partial charge in [-0.05, 0) is 37.3 Å². The van der Waals surface area contributed by atoms with Crippen molar-refractivity contribution in [2.24, 2.45) is 0 Å². The first-order valence-electron chi connectivity index (χ1n) is 7.75. The zero-order valence-electron chi connectivity index (χ0n) is 14.0. The van der Waals surface area contributed by atoms with E-state index in [1.165, 1.54) is 0 Å². The number of carbonyl (C=O) groups is 1. The first kappa shape index (κ1) is 16.0. The summed E-state index contributed by atoms with van der Waals surface area (Å²) in [4.78, 5) is 12.0. The van der Waals surface area contributed by atoms with Gasteiger partial charge in [0.05, 0.1) is 17.1 Å². The number of aryl methyl sites for hydroxylation is 1. The molecule has 0 spiro atoms. The fraction of sp³-hybridized carbons (Fsp3) is 0.158. The first-order chi connectivity index (χ1) is 11.5. The van der Waals surface area contributed by atoms with Crippen molar-refractivity contribution in [2.75, 3.05) is 14.1 Å². The van der Waals surface area contributed by atoms with Crippen LogP contribution in [0.2, 0.25) is 0 Å². The molecule has 1 heterocycles. The summed E-state index contributed by atoms with van der Waals surface area (Å²) >= 11 is 0. The maximum atomic E-state index is 12.0. The lowest BCUT2D eigenvalue weighted by atomic mass is 10.1. The van der Waals surface area contributed by atoms with E-state index in [-0.39, 0.29) is 5.91 Å². The second-order valence-corrected chi connectivity index (χ2v) is 5.83. The molecule has 0 unspecified atom stereocenters. The van der Waals surface area contributed by atoms with Gasteiger partial charge in [-0.15, -0.1) is 0 Å². The summed E-state index contributed by atoms with van der Waals surface area (Å²) in [5.41, 5.74) is 7.34. The highest BCUT2D eigenvalue weighted by molar-refractivity contribution is 5.94. The third-order valence-electron chi connectivity index (χ3n) is 3.60. The van der Waals surface area contributed by atoms with Crippen molar-refractivity contribution in [3.05, 3.63) is 71.9 Å². The molecule has 5 nitrogen and oxygen atoms in total. The fourth-order valence-corrected chi connectivity index (χ4v) is 2.53. The lowest BCUT2D eigenvalue weighted by Gasteiger charge is -2.12. The average Bonchev–Trinajstić information content (AvgIpc) is 2.97. The summed E-state index contributed by atoms with van der Waals surface area (Å²) in [6.45, 7) is 1.97. The molecule has 122 valence electrons. The van der Waals surface area contributed by atoms with E-state index in [4.69, 9.17) is 0 Å². The molecule has 0 saturated heterocycles. The van der Waals surface area contributed by atoms with Crippen LogP contribution in [-0.4, -0.2) is 34.8 Å². The second kappa shape index (κ2) is 6.68. The van der Waals surface area contributed by atoms with E-state index in [1.54, 1.807) is 31.2 Å². The number of rotatable bonds is 4. The summed E-state index contributed by atoms with van der Waals surface area (Å²) in [5, 5.41) is 6.21. The standard InChI is InChI=1S/C19H20N4O/c1-14-13-18(15-7-5-4-6-8-15)23(20-14)17-11-9-16(10-12-17)19(24)21-22(2)3/h4-13H,1-3H3,(H,21,24). The topological polar surface area (TPSA) is 50.2 Å². The Morgan fingerprint density at radius 2 is 1.71 bits per heavy atom. The van der Waals surface area contributed by atoms with Crippen molar-refractivity contribution in [1.82, 2.24) is 20.2 Å². The van der Waals surface area contributed by atoms with Crippen LogP contribution in [0.5, 0.6) is 0 Å². The van der Waals surface area contributed by atoms with Gasteiger partial charge in [0.1, 0.15) is 0 Å². The summed E-state index contributed by atoms with van der Waals surface area (Å²) < 4.78 is 1.90. The molecule has 0 fully saturated rings. The summed E-state index contributed by atoms with van der Waals surface area (Å²) in [6.07, 6.45) is 0. The van der Waals surface area contributed by atoms with Crippen molar-refractivity contribution >= 4 is 5.91 Å². The number of hydrogen-bond donors (Lipinski definition) is 1. The van der Waals surface area contributed by atoms with Crippen molar-refractivity contribution in [3.63, 3.8) is 0 Å². The molecule has 3 rings (SSSR count). The molecule has 0 aliphatic rings. The number of amides is 1. The predicted octanol–water partition coefficient (Wildman–Crippen LogP) is 3.05. The molecule has 0 bridgehead atoms. The summed E-state index contributed by atoms with van der Waals surface area (Å²) in [5.74, 6) is -0.133. The molecule has 0 radical (unpaired) electrons. The van der Waals surface area contributed by atoms with Crippen LogP contribution >= 0.6 is 0 Å². The number of hydrogen-bond acceptors (Lipinski definition) is 3. The Hall–Kier alpha value is -2.92. The van der Waals surface area contributed by atoms with Gasteiger partial charge in [-0.1, -0.05) is 30.3 Å². The van der Waals surface area contributed by atoms with Crippen molar-refractivity contribution < 1.29 is 4.79 Å². The molecule has 0 saturated carbocycles. The van der Waals surface area contributed by atoms with Gasteiger partial charge in [0.15, 0.2) is 0 Å². The monoisotopic (exact) mass is 320 g/mol. The molecule has 5 heteroatoms. The predicted molar refractivity (Wildman–Crippen MR) is 94.9 cm³/mol. The Morgan fingerprint density at radius 3 is 2.33 bits per heavy atom. The quantitative estimate of drug-likeness (QED) is 0.752. The second-order valence-electron chi connectivity index (χ2n) is 5.83. The first-order valence-corrected chi connectivity index (χ1v) is 7.75. The van der Waals surface area contributed by atoms with Gasteiger partial charge in [0, 0.05) is 25.2 Å². The molecule has 24 heavy (non-hydrogen) atoms. The fourth-order valence-electron chi connectivity index (χ4n) is 2.53. The van der Waals surface area contributed by atoms with Gasteiger partial charge in [-0.2, -0.15) is 5.10 Å². The zero-order valence-corrected chi connectivity index (χ0v) is 14.0. The highest BCUT2D eigenvalue weighted by atomic mass is 16.2. The Morgan fingerprint density at radius 1 is 1.04 bits per heavy atom. The van der Waals surface area contributed by atoms with E-state index in [0.29, 0.717) is 5.56 Å². The minimum atomic E-state index is -0.133. The number of nitrogens with one attached hydrogen (secondary N) is 1. The maximum absolute atomic E-state index is 12.0. The van der Waals surface area contributed by atoms with Gasteiger partial charge in [0.25, 0.3) is 5.91 Å². The van der Waals surface area contributed by atoms with Crippen LogP contribution in [0.1, 0.15) is 16.1 Å². The van der Waals surface area contributed by atoms with E-state index in [1.807, 2.05) is 41.9 Å². The molecular weight excluding hydrogens is 300 g/mol. The lowest BCUT2D eigenvalue weighted by Crippen LogP contribution is -2.36. The number of aromatic nitrogens is 2. The number of nitrogens with zero attached hydrogens (tertiary/aromatic N) is 3. The molecule has 3 aromatic rings. The third kappa shape index (κ3) is 3.36. The Labute approximate surface area is 141 Å². The van der Waals surface area contributed by atoms with Gasteiger partial charge in [-0.3, -0.25) is 10.2 Å². The molecule has 1 aromatic heterocycles. The van der Waals surface area contributed by atoms with Crippen LogP contribution in [0.3, 0.4) is 0 Å². The van der Waals surface area contributed by atoms with Crippen LogP contribution in [-0.2, 0) is 0 Å². The molecule has 2 aromatic carbocycles. The van der Waals surface area contributed by atoms with E-state index in [0.717, 1.165) is 22.6 Å². The average molecular weight is 320 g/mol.